The first kappa shape index (κ1) is 21.1. The second-order valence-electron chi connectivity index (χ2n) is 7.34. The van der Waals surface area contributed by atoms with Gasteiger partial charge in [-0.1, -0.05) is 24.6 Å². The number of ether oxygens (including phenoxy) is 1. The highest BCUT2D eigenvalue weighted by atomic mass is 32.2. The Hall–Kier alpha value is -3.10. The fourth-order valence-corrected chi connectivity index (χ4v) is 5.16. The van der Waals surface area contributed by atoms with Crippen molar-refractivity contribution in [3.05, 3.63) is 60.4 Å². The standard InChI is InChI=1S/C23H24N2O5S/c1-29-22-11-10-19(31(27,28)25-13-5-2-6-14-25)16-20(22)24-23(26)12-9-18-15-17-7-3-4-8-21(17)30-18/h3-4,7-12,15-16H,2,5-6,13-14H2,1H3,(H,24,26)/b12-9+. The van der Waals surface area contributed by atoms with Gasteiger partial charge >= 0.3 is 0 Å². The number of para-hydroxylation sites is 1. The van der Waals surface area contributed by atoms with Crippen LogP contribution in [-0.4, -0.2) is 38.8 Å². The Bertz CT molecular complexity index is 1190. The molecule has 0 radical (unpaired) electrons. The molecule has 1 fully saturated rings. The summed E-state index contributed by atoms with van der Waals surface area (Å²) in [6.07, 6.45) is 5.64. The van der Waals surface area contributed by atoms with Gasteiger partial charge < -0.3 is 14.5 Å². The maximum absolute atomic E-state index is 13.0. The van der Waals surface area contributed by atoms with Crippen LogP contribution in [0.15, 0.2) is 63.9 Å². The predicted octanol–water partition coefficient (Wildman–Crippen LogP) is 4.27. The van der Waals surface area contributed by atoms with E-state index in [9.17, 15) is 13.2 Å². The first-order valence-electron chi connectivity index (χ1n) is 10.1. The predicted molar refractivity (Wildman–Crippen MR) is 119 cm³/mol. The first-order valence-corrected chi connectivity index (χ1v) is 11.6. The summed E-state index contributed by atoms with van der Waals surface area (Å²) < 4.78 is 38.4. The van der Waals surface area contributed by atoms with Crippen LogP contribution in [-0.2, 0) is 14.8 Å². The van der Waals surface area contributed by atoms with Gasteiger partial charge in [-0.3, -0.25) is 4.79 Å². The maximum Gasteiger partial charge on any atom is 0.248 e. The van der Waals surface area contributed by atoms with Crippen molar-refractivity contribution in [3.8, 4) is 5.75 Å². The van der Waals surface area contributed by atoms with Gasteiger partial charge in [-0.15, -0.1) is 0 Å². The number of benzene rings is 2. The highest BCUT2D eigenvalue weighted by Gasteiger charge is 2.26. The molecule has 1 N–H and O–H groups in total. The summed E-state index contributed by atoms with van der Waals surface area (Å²) in [5.74, 6) is 0.499. The van der Waals surface area contributed by atoms with Crippen LogP contribution in [0.3, 0.4) is 0 Å². The van der Waals surface area contributed by atoms with Crippen molar-refractivity contribution < 1.29 is 22.4 Å². The van der Waals surface area contributed by atoms with Gasteiger partial charge in [-0.2, -0.15) is 4.31 Å². The van der Waals surface area contributed by atoms with E-state index in [2.05, 4.69) is 5.32 Å². The van der Waals surface area contributed by atoms with Crippen LogP contribution < -0.4 is 10.1 Å². The molecule has 162 valence electrons. The smallest absolute Gasteiger partial charge is 0.248 e. The molecule has 0 unspecified atom stereocenters. The number of carbonyl (C=O) groups excluding carboxylic acids is 1. The van der Waals surface area contributed by atoms with Crippen molar-refractivity contribution in [2.24, 2.45) is 0 Å². The fraction of sp³-hybridized carbons (Fsp3) is 0.261. The number of furan rings is 1. The van der Waals surface area contributed by atoms with E-state index in [1.807, 2.05) is 30.3 Å². The Kier molecular flexibility index (Phi) is 6.11. The zero-order valence-corrected chi connectivity index (χ0v) is 18.0. The van der Waals surface area contributed by atoms with Gasteiger partial charge in [0, 0.05) is 24.6 Å². The number of fused-ring (bicyclic) bond motifs is 1. The second-order valence-corrected chi connectivity index (χ2v) is 9.27. The number of carbonyl (C=O) groups is 1. The van der Waals surface area contributed by atoms with E-state index < -0.39 is 15.9 Å². The van der Waals surface area contributed by atoms with Crippen LogP contribution in [0.2, 0.25) is 0 Å². The van der Waals surface area contributed by atoms with Crippen molar-refractivity contribution in [1.29, 1.82) is 0 Å². The number of hydrogen-bond acceptors (Lipinski definition) is 5. The van der Waals surface area contributed by atoms with Gasteiger partial charge in [-0.05, 0) is 49.2 Å². The van der Waals surface area contributed by atoms with Crippen LogP contribution in [0.25, 0.3) is 17.0 Å². The number of anilines is 1. The molecule has 3 aromatic rings. The van der Waals surface area contributed by atoms with Crippen molar-refractivity contribution >= 4 is 38.7 Å². The van der Waals surface area contributed by atoms with Crippen molar-refractivity contribution in [2.45, 2.75) is 24.2 Å². The number of nitrogens with zero attached hydrogens (tertiary/aromatic N) is 1. The molecule has 0 atom stereocenters. The normalized spacial score (nSPS) is 15.4. The minimum atomic E-state index is -3.62. The Morgan fingerprint density at radius 1 is 1.10 bits per heavy atom. The third-order valence-corrected chi connectivity index (χ3v) is 7.12. The Morgan fingerprint density at radius 2 is 1.87 bits per heavy atom. The topological polar surface area (TPSA) is 88.9 Å². The lowest BCUT2D eigenvalue weighted by Crippen LogP contribution is -2.35. The number of methoxy groups -OCH3 is 1. The van der Waals surface area contributed by atoms with Crippen molar-refractivity contribution in [2.75, 3.05) is 25.5 Å². The number of sulfonamides is 1. The summed E-state index contributed by atoms with van der Waals surface area (Å²) in [5.41, 5.74) is 1.03. The molecule has 0 spiro atoms. The monoisotopic (exact) mass is 440 g/mol. The van der Waals surface area contributed by atoms with Gasteiger partial charge in [-0.25, -0.2) is 8.42 Å². The summed E-state index contributed by atoms with van der Waals surface area (Å²) in [4.78, 5) is 12.6. The van der Waals surface area contributed by atoms with E-state index in [1.54, 1.807) is 12.1 Å². The number of hydrogen-bond donors (Lipinski definition) is 1. The van der Waals surface area contributed by atoms with Crippen LogP contribution in [0.4, 0.5) is 5.69 Å². The van der Waals surface area contributed by atoms with E-state index in [1.165, 1.54) is 29.6 Å². The number of piperidine rings is 1. The molecule has 4 rings (SSSR count). The van der Waals surface area contributed by atoms with Crippen LogP contribution >= 0.6 is 0 Å². The summed E-state index contributed by atoms with van der Waals surface area (Å²) >= 11 is 0. The lowest BCUT2D eigenvalue weighted by molar-refractivity contribution is -0.111. The third-order valence-electron chi connectivity index (χ3n) is 5.23. The molecular weight excluding hydrogens is 416 g/mol. The number of nitrogens with one attached hydrogen (secondary N) is 1. The Balaban J connectivity index is 1.53. The molecule has 0 saturated carbocycles. The molecule has 1 saturated heterocycles. The molecule has 2 aromatic carbocycles. The molecule has 2 heterocycles. The molecule has 8 heteroatoms. The van der Waals surface area contributed by atoms with Crippen LogP contribution in [0.1, 0.15) is 25.0 Å². The van der Waals surface area contributed by atoms with Crippen LogP contribution in [0.5, 0.6) is 5.75 Å². The minimum Gasteiger partial charge on any atom is -0.495 e. The van der Waals surface area contributed by atoms with Gasteiger partial charge in [0.05, 0.1) is 17.7 Å². The van der Waals surface area contributed by atoms with E-state index in [4.69, 9.17) is 9.15 Å². The largest absolute Gasteiger partial charge is 0.495 e. The zero-order chi connectivity index (χ0) is 21.8. The summed E-state index contributed by atoms with van der Waals surface area (Å²) in [6.45, 7) is 1.02. The Labute approximate surface area is 181 Å². The minimum absolute atomic E-state index is 0.131. The van der Waals surface area contributed by atoms with Gasteiger partial charge in [0.1, 0.15) is 17.1 Å². The van der Waals surface area contributed by atoms with Crippen molar-refractivity contribution in [3.63, 3.8) is 0 Å². The average molecular weight is 441 g/mol. The average Bonchev–Trinajstić information content (AvgIpc) is 3.21. The highest BCUT2D eigenvalue weighted by Crippen LogP contribution is 2.30. The molecule has 1 aliphatic heterocycles. The Morgan fingerprint density at radius 3 is 2.61 bits per heavy atom. The van der Waals surface area contributed by atoms with E-state index in [-0.39, 0.29) is 4.90 Å². The molecule has 1 aliphatic rings. The van der Waals surface area contributed by atoms with Crippen molar-refractivity contribution in [1.82, 2.24) is 4.31 Å². The van der Waals surface area contributed by atoms with Gasteiger partial charge in [0.2, 0.25) is 15.9 Å². The first-order chi connectivity index (χ1) is 15.0. The van der Waals surface area contributed by atoms with Crippen LogP contribution in [0, 0.1) is 0 Å². The molecule has 1 amide bonds. The molecule has 1 aromatic heterocycles. The summed E-state index contributed by atoms with van der Waals surface area (Å²) in [6, 6.07) is 13.9. The van der Waals surface area contributed by atoms with E-state index in [0.717, 1.165) is 30.2 Å². The quantitative estimate of drug-likeness (QED) is 0.579. The molecular formula is C23H24N2O5S. The number of rotatable bonds is 6. The molecule has 31 heavy (non-hydrogen) atoms. The summed E-state index contributed by atoms with van der Waals surface area (Å²) in [7, 11) is -2.16. The number of amides is 1. The fourth-order valence-electron chi connectivity index (χ4n) is 3.62. The molecule has 7 nitrogen and oxygen atoms in total. The summed E-state index contributed by atoms with van der Waals surface area (Å²) in [5, 5.41) is 3.65. The lowest BCUT2D eigenvalue weighted by atomic mass is 10.2. The maximum atomic E-state index is 13.0. The highest BCUT2D eigenvalue weighted by molar-refractivity contribution is 7.89. The van der Waals surface area contributed by atoms with E-state index in [0.29, 0.717) is 30.3 Å². The van der Waals surface area contributed by atoms with Gasteiger partial charge in [0.25, 0.3) is 0 Å². The SMILES string of the molecule is COc1ccc(S(=O)(=O)N2CCCCC2)cc1NC(=O)/C=C/c1cc2ccccc2o1. The lowest BCUT2D eigenvalue weighted by Gasteiger charge is -2.26. The van der Waals surface area contributed by atoms with E-state index >= 15 is 0 Å². The van der Waals surface area contributed by atoms with Gasteiger partial charge in [0.15, 0.2) is 0 Å². The molecule has 0 bridgehead atoms. The zero-order valence-electron chi connectivity index (χ0n) is 17.2. The molecule has 0 aliphatic carbocycles. The third kappa shape index (κ3) is 4.65. The second kappa shape index (κ2) is 8.95.